The van der Waals surface area contributed by atoms with Crippen molar-refractivity contribution < 1.29 is 14.5 Å². The lowest BCUT2D eigenvalue weighted by molar-refractivity contribution is -0.384. The van der Waals surface area contributed by atoms with Gasteiger partial charge in [-0.3, -0.25) is 25.8 Å². The maximum atomic E-state index is 11.9. The Labute approximate surface area is 120 Å². The molecule has 0 aliphatic rings. The lowest BCUT2D eigenvalue weighted by atomic mass is 10.2. The van der Waals surface area contributed by atoms with Gasteiger partial charge in [0.25, 0.3) is 11.6 Å². The number of benzene rings is 2. The lowest BCUT2D eigenvalue weighted by Crippen LogP contribution is -2.29. The van der Waals surface area contributed by atoms with Crippen LogP contribution in [0.5, 0.6) is 5.75 Å². The van der Waals surface area contributed by atoms with E-state index in [-0.39, 0.29) is 11.6 Å². The summed E-state index contributed by atoms with van der Waals surface area (Å²) < 4.78 is 5.01. The number of hydrogen-bond acceptors (Lipinski definition) is 5. The van der Waals surface area contributed by atoms with Gasteiger partial charge in [0, 0.05) is 17.7 Å². The SMILES string of the molecule is COc1ccc(C(=O)NNc2ccc([N+](=O)[O-])cc2)cc1. The Morgan fingerprint density at radius 2 is 1.71 bits per heavy atom. The Hall–Kier alpha value is -3.09. The molecule has 0 aliphatic carbocycles. The summed E-state index contributed by atoms with van der Waals surface area (Å²) in [7, 11) is 1.55. The van der Waals surface area contributed by atoms with Gasteiger partial charge in [0.05, 0.1) is 17.7 Å². The van der Waals surface area contributed by atoms with Crippen LogP contribution in [0.2, 0.25) is 0 Å². The first-order valence-corrected chi connectivity index (χ1v) is 6.05. The van der Waals surface area contributed by atoms with E-state index in [4.69, 9.17) is 4.74 Å². The van der Waals surface area contributed by atoms with Gasteiger partial charge < -0.3 is 4.74 Å². The Kier molecular flexibility index (Phi) is 4.35. The van der Waals surface area contributed by atoms with Crippen molar-refractivity contribution in [2.75, 3.05) is 12.5 Å². The van der Waals surface area contributed by atoms with Crippen molar-refractivity contribution >= 4 is 17.3 Å². The lowest BCUT2D eigenvalue weighted by Gasteiger charge is -2.08. The van der Waals surface area contributed by atoms with Crippen molar-refractivity contribution in [3.63, 3.8) is 0 Å². The fraction of sp³-hybridized carbons (Fsp3) is 0.0714. The van der Waals surface area contributed by atoms with Crippen molar-refractivity contribution in [3.05, 3.63) is 64.2 Å². The summed E-state index contributed by atoms with van der Waals surface area (Å²) in [5.74, 6) is 0.339. The first-order valence-electron chi connectivity index (χ1n) is 6.05. The minimum Gasteiger partial charge on any atom is -0.497 e. The second-order valence-corrected chi connectivity index (χ2v) is 4.11. The zero-order valence-corrected chi connectivity index (χ0v) is 11.2. The summed E-state index contributed by atoms with van der Waals surface area (Å²) in [6.45, 7) is 0. The number of nitrogens with zero attached hydrogens (tertiary/aromatic N) is 1. The van der Waals surface area contributed by atoms with E-state index in [2.05, 4.69) is 10.9 Å². The first kappa shape index (κ1) is 14.3. The number of amides is 1. The number of methoxy groups -OCH3 is 1. The number of rotatable bonds is 5. The van der Waals surface area contributed by atoms with E-state index in [0.717, 1.165) is 0 Å². The second kappa shape index (κ2) is 6.38. The zero-order chi connectivity index (χ0) is 15.2. The molecule has 0 radical (unpaired) electrons. The van der Waals surface area contributed by atoms with Gasteiger partial charge in [-0.25, -0.2) is 0 Å². The van der Waals surface area contributed by atoms with Gasteiger partial charge in [-0.15, -0.1) is 0 Å². The summed E-state index contributed by atoms with van der Waals surface area (Å²) in [6.07, 6.45) is 0. The number of ether oxygens (including phenoxy) is 1. The van der Waals surface area contributed by atoms with Gasteiger partial charge >= 0.3 is 0 Å². The van der Waals surface area contributed by atoms with Gasteiger partial charge in [0.2, 0.25) is 0 Å². The normalized spacial score (nSPS) is 9.76. The molecule has 108 valence electrons. The number of nitrogens with one attached hydrogen (secondary N) is 2. The molecule has 2 aromatic rings. The average Bonchev–Trinajstić information content (AvgIpc) is 2.53. The molecule has 0 unspecified atom stereocenters. The molecule has 0 saturated heterocycles. The Morgan fingerprint density at radius 1 is 1.10 bits per heavy atom. The van der Waals surface area contributed by atoms with Crippen molar-refractivity contribution in [2.24, 2.45) is 0 Å². The van der Waals surface area contributed by atoms with Gasteiger partial charge in [-0.05, 0) is 36.4 Å². The summed E-state index contributed by atoms with van der Waals surface area (Å²) in [6, 6.07) is 12.3. The molecule has 2 aromatic carbocycles. The predicted molar refractivity (Wildman–Crippen MR) is 77.2 cm³/mol. The van der Waals surface area contributed by atoms with Gasteiger partial charge in [0.1, 0.15) is 5.75 Å². The number of hydrogen-bond donors (Lipinski definition) is 2. The highest BCUT2D eigenvalue weighted by atomic mass is 16.6. The van der Waals surface area contributed by atoms with E-state index < -0.39 is 4.92 Å². The summed E-state index contributed by atoms with van der Waals surface area (Å²) in [5, 5.41) is 10.5. The van der Waals surface area contributed by atoms with Crippen molar-refractivity contribution in [1.29, 1.82) is 0 Å². The van der Waals surface area contributed by atoms with Crippen molar-refractivity contribution in [1.82, 2.24) is 5.43 Å². The number of nitro groups is 1. The molecule has 0 spiro atoms. The number of anilines is 1. The van der Waals surface area contributed by atoms with Crippen LogP contribution in [0, 0.1) is 10.1 Å². The van der Waals surface area contributed by atoms with Crippen LogP contribution in [0.3, 0.4) is 0 Å². The zero-order valence-electron chi connectivity index (χ0n) is 11.2. The second-order valence-electron chi connectivity index (χ2n) is 4.11. The van der Waals surface area contributed by atoms with Crippen LogP contribution in [0.1, 0.15) is 10.4 Å². The molecule has 2 N–H and O–H groups in total. The van der Waals surface area contributed by atoms with Crippen LogP contribution in [0.4, 0.5) is 11.4 Å². The molecule has 0 heterocycles. The minimum atomic E-state index is -0.486. The first-order chi connectivity index (χ1) is 10.1. The number of nitro benzene ring substituents is 1. The molecule has 0 aliphatic heterocycles. The molecule has 0 fully saturated rings. The highest BCUT2D eigenvalue weighted by Gasteiger charge is 2.06. The van der Waals surface area contributed by atoms with E-state index in [9.17, 15) is 14.9 Å². The Balaban J connectivity index is 1.95. The number of non-ortho nitro benzene ring substituents is 1. The number of carbonyl (C=O) groups excluding carboxylic acids is 1. The fourth-order valence-corrected chi connectivity index (χ4v) is 1.61. The maximum absolute atomic E-state index is 11.9. The van der Waals surface area contributed by atoms with Crippen LogP contribution in [0.15, 0.2) is 48.5 Å². The largest absolute Gasteiger partial charge is 0.497 e. The quantitative estimate of drug-likeness (QED) is 0.650. The molecule has 7 nitrogen and oxygen atoms in total. The Morgan fingerprint density at radius 3 is 2.24 bits per heavy atom. The molecule has 2 rings (SSSR count). The van der Waals surface area contributed by atoms with E-state index in [1.54, 1.807) is 31.4 Å². The van der Waals surface area contributed by atoms with Gasteiger partial charge in [-0.1, -0.05) is 0 Å². The van der Waals surface area contributed by atoms with Crippen molar-refractivity contribution in [3.8, 4) is 5.75 Å². The predicted octanol–water partition coefficient (Wildman–Crippen LogP) is 2.36. The third-order valence-corrected chi connectivity index (χ3v) is 2.75. The van der Waals surface area contributed by atoms with E-state index in [0.29, 0.717) is 17.0 Å². The molecule has 0 atom stereocenters. The summed E-state index contributed by atoms with van der Waals surface area (Å²) in [5.41, 5.74) is 6.18. The topological polar surface area (TPSA) is 93.5 Å². The molecule has 0 bridgehead atoms. The number of hydrazine groups is 1. The van der Waals surface area contributed by atoms with Crippen molar-refractivity contribution in [2.45, 2.75) is 0 Å². The monoisotopic (exact) mass is 287 g/mol. The highest BCUT2D eigenvalue weighted by Crippen LogP contribution is 2.15. The van der Waals surface area contributed by atoms with Crippen LogP contribution >= 0.6 is 0 Å². The molecule has 0 saturated carbocycles. The molecule has 1 amide bonds. The van der Waals surface area contributed by atoms with Crippen LogP contribution in [0.25, 0.3) is 0 Å². The molecule has 0 aromatic heterocycles. The third-order valence-electron chi connectivity index (χ3n) is 2.75. The maximum Gasteiger partial charge on any atom is 0.269 e. The van der Waals surface area contributed by atoms with Crippen LogP contribution < -0.4 is 15.6 Å². The summed E-state index contributed by atoms with van der Waals surface area (Å²) >= 11 is 0. The van der Waals surface area contributed by atoms with E-state index in [1.807, 2.05) is 0 Å². The summed E-state index contributed by atoms with van der Waals surface area (Å²) in [4.78, 5) is 21.9. The Bertz CT molecular complexity index is 638. The average molecular weight is 287 g/mol. The molecular weight excluding hydrogens is 274 g/mol. The van der Waals surface area contributed by atoms with Crippen LogP contribution in [-0.4, -0.2) is 17.9 Å². The third kappa shape index (κ3) is 3.69. The fourth-order valence-electron chi connectivity index (χ4n) is 1.61. The molecule has 21 heavy (non-hydrogen) atoms. The van der Waals surface area contributed by atoms with Gasteiger partial charge in [0.15, 0.2) is 0 Å². The highest BCUT2D eigenvalue weighted by molar-refractivity contribution is 5.94. The number of carbonyl (C=O) groups is 1. The van der Waals surface area contributed by atoms with E-state index >= 15 is 0 Å². The van der Waals surface area contributed by atoms with E-state index in [1.165, 1.54) is 24.3 Å². The van der Waals surface area contributed by atoms with Gasteiger partial charge in [-0.2, -0.15) is 0 Å². The standard InChI is InChI=1S/C14H13N3O4/c1-21-13-8-2-10(3-9-13)14(18)16-15-11-4-6-12(7-5-11)17(19)20/h2-9,15H,1H3,(H,16,18). The minimum absolute atomic E-state index is 0.0120. The van der Waals surface area contributed by atoms with Crippen LogP contribution in [-0.2, 0) is 0 Å². The smallest absolute Gasteiger partial charge is 0.269 e. The molecular formula is C14H13N3O4. The molecule has 7 heteroatoms.